The molecule has 3 aromatic rings. The van der Waals surface area contributed by atoms with Gasteiger partial charge in [0.05, 0.1) is 11.1 Å². The molecule has 106 valence electrons. The van der Waals surface area contributed by atoms with Crippen LogP contribution in [0.4, 0.5) is 18.9 Å². The molecule has 21 heavy (non-hydrogen) atoms. The van der Waals surface area contributed by atoms with Crippen molar-refractivity contribution in [2.45, 2.75) is 6.18 Å². The van der Waals surface area contributed by atoms with E-state index < -0.39 is 11.7 Å². The van der Waals surface area contributed by atoms with Crippen LogP contribution in [0.3, 0.4) is 0 Å². The van der Waals surface area contributed by atoms with E-state index >= 15 is 0 Å². The average molecular weight is 288 g/mol. The van der Waals surface area contributed by atoms with Crippen molar-refractivity contribution < 1.29 is 13.2 Å². The van der Waals surface area contributed by atoms with Crippen molar-refractivity contribution in [3.63, 3.8) is 0 Å². The first-order valence-corrected chi connectivity index (χ1v) is 6.27. The topological polar surface area (TPSA) is 38.9 Å². The van der Waals surface area contributed by atoms with E-state index in [0.29, 0.717) is 16.8 Å². The Morgan fingerprint density at radius 3 is 2.48 bits per heavy atom. The molecule has 2 N–H and O–H groups in total. The summed E-state index contributed by atoms with van der Waals surface area (Å²) in [7, 11) is 0. The first-order chi connectivity index (χ1) is 9.95. The fourth-order valence-electron chi connectivity index (χ4n) is 2.20. The summed E-state index contributed by atoms with van der Waals surface area (Å²) in [6, 6.07) is 12.5. The van der Waals surface area contributed by atoms with E-state index in [1.54, 1.807) is 6.07 Å². The highest BCUT2D eigenvalue weighted by atomic mass is 19.4. The Labute approximate surface area is 119 Å². The Hall–Kier alpha value is -2.56. The normalized spacial score (nSPS) is 11.8. The third kappa shape index (κ3) is 2.54. The summed E-state index contributed by atoms with van der Waals surface area (Å²) in [4.78, 5) is 4.25. The zero-order chi connectivity index (χ0) is 15.0. The minimum absolute atomic E-state index is 0.292. The van der Waals surface area contributed by atoms with Gasteiger partial charge in [-0.05, 0) is 30.3 Å². The van der Waals surface area contributed by atoms with Gasteiger partial charge in [-0.25, -0.2) is 0 Å². The number of hydrogen-bond donors (Lipinski definition) is 1. The molecule has 0 aliphatic carbocycles. The fraction of sp³-hybridized carbons (Fsp3) is 0.0625. The van der Waals surface area contributed by atoms with Crippen LogP contribution in [0.25, 0.3) is 22.0 Å². The number of benzene rings is 2. The van der Waals surface area contributed by atoms with Gasteiger partial charge in [0.2, 0.25) is 0 Å². The van der Waals surface area contributed by atoms with Crippen LogP contribution in [-0.2, 0) is 6.18 Å². The van der Waals surface area contributed by atoms with Crippen LogP contribution in [0.2, 0.25) is 0 Å². The van der Waals surface area contributed by atoms with Crippen LogP contribution in [0.1, 0.15) is 5.56 Å². The van der Waals surface area contributed by atoms with Gasteiger partial charge >= 0.3 is 6.18 Å². The molecule has 5 heteroatoms. The van der Waals surface area contributed by atoms with Crippen molar-refractivity contribution in [2.75, 3.05) is 5.73 Å². The fourth-order valence-corrected chi connectivity index (χ4v) is 2.20. The minimum Gasteiger partial charge on any atom is -0.398 e. The van der Waals surface area contributed by atoms with Crippen molar-refractivity contribution >= 4 is 16.6 Å². The molecule has 0 bridgehead atoms. The second-order valence-electron chi connectivity index (χ2n) is 4.72. The Bertz CT molecular complexity index is 810. The number of nitrogen functional groups attached to an aromatic ring is 1. The van der Waals surface area contributed by atoms with Gasteiger partial charge < -0.3 is 5.73 Å². The third-order valence-corrected chi connectivity index (χ3v) is 3.28. The van der Waals surface area contributed by atoms with Crippen LogP contribution >= 0.6 is 0 Å². The standard InChI is InChI=1S/C16H11F3N2/c17-16(18,19)12-5-6-14(20)13(8-12)11-7-10-3-1-2-4-15(10)21-9-11/h1-9H,20H2. The maximum Gasteiger partial charge on any atom is 0.416 e. The van der Waals surface area contributed by atoms with Gasteiger partial charge in [-0.1, -0.05) is 18.2 Å². The highest BCUT2D eigenvalue weighted by Gasteiger charge is 2.31. The number of aromatic nitrogens is 1. The number of rotatable bonds is 1. The van der Waals surface area contributed by atoms with Crippen molar-refractivity contribution in [3.8, 4) is 11.1 Å². The monoisotopic (exact) mass is 288 g/mol. The predicted octanol–water partition coefficient (Wildman–Crippen LogP) is 4.50. The maximum atomic E-state index is 12.8. The summed E-state index contributed by atoms with van der Waals surface area (Å²) in [5.74, 6) is 0. The predicted molar refractivity (Wildman–Crippen MR) is 76.6 cm³/mol. The number of anilines is 1. The van der Waals surface area contributed by atoms with Gasteiger partial charge in [-0.2, -0.15) is 13.2 Å². The molecule has 0 amide bonds. The number of hydrogen-bond acceptors (Lipinski definition) is 2. The number of nitrogens with two attached hydrogens (primary N) is 1. The Kier molecular flexibility index (Phi) is 3.05. The van der Waals surface area contributed by atoms with Crippen LogP contribution in [0.15, 0.2) is 54.7 Å². The number of fused-ring (bicyclic) bond motifs is 1. The van der Waals surface area contributed by atoms with Crippen LogP contribution in [0, 0.1) is 0 Å². The number of para-hydroxylation sites is 1. The van der Waals surface area contributed by atoms with Crippen LogP contribution in [-0.4, -0.2) is 4.98 Å². The lowest BCUT2D eigenvalue weighted by molar-refractivity contribution is -0.137. The molecule has 3 rings (SSSR count). The maximum absolute atomic E-state index is 12.8. The van der Waals surface area contributed by atoms with Gasteiger partial charge in [0.1, 0.15) is 0 Å². The summed E-state index contributed by atoms with van der Waals surface area (Å²) in [5.41, 5.74) is 7.07. The molecular weight excluding hydrogens is 277 g/mol. The molecule has 0 atom stereocenters. The molecule has 0 saturated heterocycles. The Balaban J connectivity index is 2.17. The smallest absolute Gasteiger partial charge is 0.398 e. The molecule has 0 saturated carbocycles. The summed E-state index contributed by atoms with van der Waals surface area (Å²) in [6.07, 6.45) is -2.86. The quantitative estimate of drug-likeness (QED) is 0.669. The highest BCUT2D eigenvalue weighted by molar-refractivity contribution is 5.86. The molecule has 2 aromatic carbocycles. The zero-order valence-corrected chi connectivity index (χ0v) is 10.9. The molecule has 0 unspecified atom stereocenters. The summed E-state index contributed by atoms with van der Waals surface area (Å²) >= 11 is 0. The summed E-state index contributed by atoms with van der Waals surface area (Å²) < 4.78 is 38.4. The van der Waals surface area contributed by atoms with Gasteiger partial charge in [-0.3, -0.25) is 4.98 Å². The second kappa shape index (κ2) is 4.77. The van der Waals surface area contributed by atoms with Gasteiger partial charge in [0.15, 0.2) is 0 Å². The van der Waals surface area contributed by atoms with E-state index in [4.69, 9.17) is 5.73 Å². The largest absolute Gasteiger partial charge is 0.416 e. The molecule has 0 aliphatic rings. The zero-order valence-electron chi connectivity index (χ0n) is 10.9. The van der Waals surface area contributed by atoms with E-state index in [0.717, 1.165) is 23.0 Å². The Morgan fingerprint density at radius 1 is 0.952 bits per heavy atom. The van der Waals surface area contributed by atoms with Gasteiger partial charge in [0, 0.05) is 28.4 Å². The summed E-state index contributed by atoms with van der Waals surface area (Å²) in [5, 5.41) is 0.854. The molecule has 1 heterocycles. The SMILES string of the molecule is Nc1ccc(C(F)(F)F)cc1-c1cnc2ccccc2c1. The molecule has 2 nitrogen and oxygen atoms in total. The van der Waals surface area contributed by atoms with Crippen molar-refractivity contribution in [1.82, 2.24) is 4.98 Å². The summed E-state index contributed by atoms with van der Waals surface area (Å²) in [6.45, 7) is 0. The van der Waals surface area contributed by atoms with Crippen molar-refractivity contribution in [1.29, 1.82) is 0 Å². The van der Waals surface area contributed by atoms with Crippen LogP contribution < -0.4 is 5.73 Å². The number of halogens is 3. The van der Waals surface area contributed by atoms with E-state index in [1.165, 1.54) is 12.3 Å². The highest BCUT2D eigenvalue weighted by Crippen LogP contribution is 2.35. The van der Waals surface area contributed by atoms with E-state index in [9.17, 15) is 13.2 Å². The number of alkyl halides is 3. The van der Waals surface area contributed by atoms with E-state index in [1.807, 2.05) is 24.3 Å². The van der Waals surface area contributed by atoms with Crippen molar-refractivity contribution in [2.24, 2.45) is 0 Å². The Morgan fingerprint density at radius 2 is 1.71 bits per heavy atom. The molecule has 0 fully saturated rings. The number of nitrogens with zero attached hydrogens (tertiary/aromatic N) is 1. The first kappa shape index (κ1) is 13.4. The van der Waals surface area contributed by atoms with Gasteiger partial charge in [0.25, 0.3) is 0 Å². The van der Waals surface area contributed by atoms with E-state index in [-0.39, 0.29) is 0 Å². The second-order valence-corrected chi connectivity index (χ2v) is 4.72. The molecule has 0 radical (unpaired) electrons. The minimum atomic E-state index is -4.40. The van der Waals surface area contributed by atoms with Crippen molar-refractivity contribution in [3.05, 3.63) is 60.3 Å². The third-order valence-electron chi connectivity index (χ3n) is 3.28. The molecule has 1 aromatic heterocycles. The first-order valence-electron chi connectivity index (χ1n) is 6.27. The lowest BCUT2D eigenvalue weighted by Crippen LogP contribution is -2.05. The van der Waals surface area contributed by atoms with Crippen LogP contribution in [0.5, 0.6) is 0 Å². The lowest BCUT2D eigenvalue weighted by atomic mass is 10.0. The average Bonchev–Trinajstić information content (AvgIpc) is 2.46. The van der Waals surface area contributed by atoms with Gasteiger partial charge in [-0.15, -0.1) is 0 Å². The molecule has 0 aliphatic heterocycles. The lowest BCUT2D eigenvalue weighted by Gasteiger charge is -2.11. The number of pyridine rings is 1. The molecular formula is C16H11F3N2. The molecule has 0 spiro atoms. The van der Waals surface area contributed by atoms with E-state index in [2.05, 4.69) is 4.98 Å².